The van der Waals surface area contributed by atoms with Crippen molar-refractivity contribution >= 4 is 17.8 Å². The second-order valence-corrected chi connectivity index (χ2v) is 5.43. The fraction of sp³-hybridized carbons (Fsp3) is 0.263. The van der Waals surface area contributed by atoms with E-state index in [0.29, 0.717) is 29.4 Å². The third-order valence-corrected chi connectivity index (χ3v) is 3.50. The monoisotopic (exact) mass is 341 g/mol. The molecule has 2 aromatic carbocycles. The van der Waals surface area contributed by atoms with Crippen LogP contribution in [0.15, 0.2) is 47.6 Å². The fourth-order valence-corrected chi connectivity index (χ4v) is 2.08. The molecule has 0 unspecified atom stereocenters. The number of nitrogens with two attached hydrogens (primary N) is 1. The summed E-state index contributed by atoms with van der Waals surface area (Å²) in [5.41, 5.74) is 9.98. The molecule has 25 heavy (non-hydrogen) atoms. The number of nitrogens with one attached hydrogen (secondary N) is 1. The zero-order chi connectivity index (χ0) is 18.1. The zero-order valence-corrected chi connectivity index (χ0v) is 14.5. The van der Waals surface area contributed by atoms with Crippen LogP contribution < -0.4 is 20.6 Å². The lowest BCUT2D eigenvalue weighted by molar-refractivity contribution is 0.0955. The van der Waals surface area contributed by atoms with E-state index in [0.717, 1.165) is 18.4 Å². The van der Waals surface area contributed by atoms with Crippen LogP contribution in [0.3, 0.4) is 0 Å². The Balaban J connectivity index is 2.00. The van der Waals surface area contributed by atoms with E-state index < -0.39 is 0 Å². The van der Waals surface area contributed by atoms with E-state index in [1.54, 1.807) is 37.6 Å². The molecule has 6 heteroatoms. The second kappa shape index (κ2) is 9.32. The first-order valence-corrected chi connectivity index (χ1v) is 8.13. The Morgan fingerprint density at radius 2 is 1.96 bits per heavy atom. The molecule has 0 radical (unpaired) electrons. The molecule has 0 spiro atoms. The number of hydrogen-bond acceptors (Lipinski definition) is 5. The minimum absolute atomic E-state index is 0.302. The van der Waals surface area contributed by atoms with Gasteiger partial charge in [-0.1, -0.05) is 13.3 Å². The van der Waals surface area contributed by atoms with Gasteiger partial charge in [0, 0.05) is 11.3 Å². The molecule has 0 aliphatic carbocycles. The summed E-state index contributed by atoms with van der Waals surface area (Å²) in [5.74, 6) is 1.02. The van der Waals surface area contributed by atoms with Gasteiger partial charge in [0.15, 0.2) is 11.5 Å². The first-order valence-electron chi connectivity index (χ1n) is 8.13. The predicted octanol–water partition coefficient (Wildman–Crippen LogP) is 3.22. The van der Waals surface area contributed by atoms with Gasteiger partial charge in [-0.05, 0) is 54.4 Å². The van der Waals surface area contributed by atoms with Crippen molar-refractivity contribution in [2.75, 3.05) is 19.5 Å². The quantitative estimate of drug-likeness (QED) is 0.334. The number of hydrogen-bond donors (Lipinski definition) is 2. The number of anilines is 1. The highest BCUT2D eigenvalue weighted by atomic mass is 16.5. The summed E-state index contributed by atoms with van der Waals surface area (Å²) >= 11 is 0. The maximum absolute atomic E-state index is 12.0. The van der Waals surface area contributed by atoms with Crippen molar-refractivity contribution in [1.29, 1.82) is 0 Å². The predicted molar refractivity (Wildman–Crippen MR) is 99.3 cm³/mol. The Kier molecular flexibility index (Phi) is 6.83. The first-order chi connectivity index (χ1) is 12.1. The molecule has 0 fully saturated rings. The van der Waals surface area contributed by atoms with Gasteiger partial charge in [-0.2, -0.15) is 5.10 Å². The number of ether oxygens (including phenoxy) is 2. The van der Waals surface area contributed by atoms with E-state index >= 15 is 0 Å². The SMILES string of the molecule is CCCCOc1cc(/C=N\NC(=O)c2ccc(N)cc2)ccc1OC. The average molecular weight is 341 g/mol. The summed E-state index contributed by atoms with van der Waals surface area (Å²) in [6.45, 7) is 2.73. The molecular formula is C19H23N3O3. The minimum Gasteiger partial charge on any atom is -0.493 e. The zero-order valence-electron chi connectivity index (χ0n) is 14.5. The molecule has 0 atom stereocenters. The largest absolute Gasteiger partial charge is 0.493 e. The molecule has 0 saturated carbocycles. The van der Waals surface area contributed by atoms with E-state index in [-0.39, 0.29) is 5.91 Å². The molecule has 0 saturated heterocycles. The van der Waals surface area contributed by atoms with Gasteiger partial charge in [0.05, 0.1) is 19.9 Å². The molecule has 0 heterocycles. The van der Waals surface area contributed by atoms with Crippen LogP contribution in [0.1, 0.15) is 35.7 Å². The molecule has 0 bridgehead atoms. The Bertz CT molecular complexity index is 727. The van der Waals surface area contributed by atoms with Crippen molar-refractivity contribution in [1.82, 2.24) is 5.43 Å². The number of methoxy groups -OCH3 is 1. The number of carbonyl (C=O) groups excluding carboxylic acids is 1. The normalized spacial score (nSPS) is 10.6. The molecule has 0 aliphatic rings. The van der Waals surface area contributed by atoms with Crippen molar-refractivity contribution in [2.45, 2.75) is 19.8 Å². The summed E-state index contributed by atoms with van der Waals surface area (Å²) in [4.78, 5) is 12.0. The van der Waals surface area contributed by atoms with Gasteiger partial charge in [0.1, 0.15) is 0 Å². The maximum atomic E-state index is 12.0. The molecular weight excluding hydrogens is 318 g/mol. The summed E-state index contributed by atoms with van der Waals surface area (Å²) in [6, 6.07) is 12.1. The summed E-state index contributed by atoms with van der Waals surface area (Å²) in [6.07, 6.45) is 3.58. The molecule has 0 aromatic heterocycles. The topological polar surface area (TPSA) is 85.9 Å². The van der Waals surface area contributed by atoms with Crippen molar-refractivity contribution in [3.63, 3.8) is 0 Å². The molecule has 2 aromatic rings. The number of hydrazone groups is 1. The second-order valence-electron chi connectivity index (χ2n) is 5.43. The Hall–Kier alpha value is -3.02. The number of unbranched alkanes of at least 4 members (excludes halogenated alkanes) is 1. The van der Waals surface area contributed by atoms with Crippen LogP contribution in [0.5, 0.6) is 11.5 Å². The summed E-state index contributed by atoms with van der Waals surface area (Å²) in [5, 5.41) is 3.98. The average Bonchev–Trinajstić information content (AvgIpc) is 2.62. The van der Waals surface area contributed by atoms with Crippen LogP contribution in [-0.2, 0) is 0 Å². The Morgan fingerprint density at radius 1 is 1.20 bits per heavy atom. The Morgan fingerprint density at radius 3 is 2.64 bits per heavy atom. The van der Waals surface area contributed by atoms with Gasteiger partial charge in [0.2, 0.25) is 0 Å². The third kappa shape index (κ3) is 5.53. The van der Waals surface area contributed by atoms with Gasteiger partial charge in [0.25, 0.3) is 5.91 Å². The van der Waals surface area contributed by atoms with Gasteiger partial charge in [-0.3, -0.25) is 4.79 Å². The van der Waals surface area contributed by atoms with E-state index in [9.17, 15) is 4.79 Å². The van der Waals surface area contributed by atoms with Crippen LogP contribution in [0.25, 0.3) is 0 Å². The first kappa shape index (κ1) is 18.3. The molecule has 3 N–H and O–H groups in total. The van der Waals surface area contributed by atoms with Crippen molar-refractivity contribution < 1.29 is 14.3 Å². The highest BCUT2D eigenvalue weighted by molar-refractivity contribution is 5.95. The van der Waals surface area contributed by atoms with Crippen LogP contribution in [0.2, 0.25) is 0 Å². The van der Waals surface area contributed by atoms with Crippen LogP contribution in [-0.4, -0.2) is 25.8 Å². The smallest absolute Gasteiger partial charge is 0.271 e. The van der Waals surface area contributed by atoms with E-state index in [2.05, 4.69) is 17.5 Å². The van der Waals surface area contributed by atoms with Crippen LogP contribution in [0.4, 0.5) is 5.69 Å². The number of nitrogen functional groups attached to an aromatic ring is 1. The maximum Gasteiger partial charge on any atom is 0.271 e. The van der Waals surface area contributed by atoms with Gasteiger partial charge >= 0.3 is 0 Å². The third-order valence-electron chi connectivity index (χ3n) is 3.50. The lowest BCUT2D eigenvalue weighted by Gasteiger charge is -2.10. The van der Waals surface area contributed by atoms with E-state index in [1.807, 2.05) is 18.2 Å². The lowest BCUT2D eigenvalue weighted by Crippen LogP contribution is -2.17. The molecule has 132 valence electrons. The lowest BCUT2D eigenvalue weighted by atomic mass is 10.2. The molecule has 6 nitrogen and oxygen atoms in total. The van der Waals surface area contributed by atoms with Crippen molar-refractivity contribution in [3.8, 4) is 11.5 Å². The van der Waals surface area contributed by atoms with E-state index in [1.165, 1.54) is 0 Å². The number of nitrogens with zero attached hydrogens (tertiary/aromatic N) is 1. The highest BCUT2D eigenvalue weighted by Crippen LogP contribution is 2.27. The standard InChI is InChI=1S/C19H23N3O3/c1-3-4-11-25-18-12-14(5-10-17(18)24-2)13-21-22-19(23)15-6-8-16(20)9-7-15/h5-10,12-13H,3-4,11,20H2,1-2H3,(H,22,23)/b21-13-. The highest BCUT2D eigenvalue weighted by Gasteiger charge is 2.06. The van der Waals surface area contributed by atoms with Gasteiger partial charge in [-0.25, -0.2) is 5.43 Å². The van der Waals surface area contributed by atoms with Crippen molar-refractivity contribution in [3.05, 3.63) is 53.6 Å². The Labute approximate surface area is 147 Å². The van der Waals surface area contributed by atoms with Crippen LogP contribution >= 0.6 is 0 Å². The molecule has 0 aliphatic heterocycles. The number of rotatable bonds is 8. The fourth-order valence-electron chi connectivity index (χ4n) is 2.08. The van der Waals surface area contributed by atoms with Gasteiger partial charge in [-0.15, -0.1) is 0 Å². The number of amides is 1. The molecule has 2 rings (SSSR count). The van der Waals surface area contributed by atoms with E-state index in [4.69, 9.17) is 15.2 Å². The van der Waals surface area contributed by atoms with Crippen molar-refractivity contribution in [2.24, 2.45) is 5.10 Å². The summed E-state index contributed by atoms with van der Waals surface area (Å²) < 4.78 is 11.0. The number of benzene rings is 2. The molecule has 1 amide bonds. The minimum atomic E-state index is -0.302. The number of carbonyl (C=O) groups is 1. The van der Waals surface area contributed by atoms with Gasteiger partial charge < -0.3 is 15.2 Å². The summed E-state index contributed by atoms with van der Waals surface area (Å²) in [7, 11) is 1.60. The van der Waals surface area contributed by atoms with Crippen LogP contribution in [0, 0.1) is 0 Å².